The van der Waals surface area contributed by atoms with Crippen LogP contribution in [0.3, 0.4) is 0 Å². The first kappa shape index (κ1) is 17.8. The maximum absolute atomic E-state index is 13.4. The summed E-state index contributed by atoms with van der Waals surface area (Å²) in [6, 6.07) is 9.50. The van der Waals surface area contributed by atoms with Crippen molar-refractivity contribution in [1.82, 2.24) is 19.7 Å². The molecule has 3 rings (SSSR count). The van der Waals surface area contributed by atoms with Crippen LogP contribution in [0.2, 0.25) is 5.02 Å². The van der Waals surface area contributed by atoms with Gasteiger partial charge in [-0.1, -0.05) is 17.7 Å². The summed E-state index contributed by atoms with van der Waals surface area (Å²) in [7, 11) is 0. The number of carbonyl (C=O) groups is 1. The highest BCUT2D eigenvalue weighted by atomic mass is 35.5. The molecule has 9 heteroatoms. The Labute approximate surface area is 151 Å². The number of halogens is 3. The molecule has 0 radical (unpaired) electrons. The third-order valence-electron chi connectivity index (χ3n) is 3.61. The maximum atomic E-state index is 13.4. The zero-order chi connectivity index (χ0) is 18.7. The molecule has 3 aromatic rings. The molecule has 0 atom stereocenters. The zero-order valence-electron chi connectivity index (χ0n) is 13.3. The number of carbonyl (C=O) groups excluding carboxylic acids is 1. The fourth-order valence-corrected chi connectivity index (χ4v) is 2.38. The molecule has 6 nitrogen and oxygen atoms in total. The van der Waals surface area contributed by atoms with Crippen LogP contribution in [-0.4, -0.2) is 20.3 Å². The largest absolute Gasteiger partial charge is 0.350 e. The molecule has 0 saturated carbocycles. The Kier molecular flexibility index (Phi) is 5.13. The average molecular weight is 379 g/mol. The molecule has 0 aliphatic rings. The lowest BCUT2D eigenvalue weighted by Gasteiger charge is -2.06. The number of rotatable bonds is 5. The number of nitrogens with one attached hydrogen (secondary N) is 1. The molecule has 1 N–H and O–H groups in total. The first-order chi connectivity index (χ1) is 12.4. The van der Waals surface area contributed by atoms with Crippen molar-refractivity contribution in [3.05, 3.63) is 81.5 Å². The predicted octanol–water partition coefficient (Wildman–Crippen LogP) is 2.28. The van der Waals surface area contributed by atoms with Crippen molar-refractivity contribution < 1.29 is 13.6 Å². The molecule has 0 unspecified atom stereocenters. The lowest BCUT2D eigenvalue weighted by Crippen LogP contribution is -2.33. The number of benzene rings is 2. The van der Waals surface area contributed by atoms with Gasteiger partial charge in [0.25, 0.3) is 0 Å². The number of nitrogens with zero attached hydrogens (tertiary/aromatic N) is 3. The van der Waals surface area contributed by atoms with E-state index in [0.717, 1.165) is 4.68 Å². The molecule has 2 aromatic carbocycles. The van der Waals surface area contributed by atoms with E-state index in [9.17, 15) is 18.4 Å². The lowest BCUT2D eigenvalue weighted by atomic mass is 10.2. The van der Waals surface area contributed by atoms with Crippen LogP contribution in [0.4, 0.5) is 8.78 Å². The Morgan fingerprint density at radius 3 is 2.58 bits per heavy atom. The van der Waals surface area contributed by atoms with E-state index in [1.54, 1.807) is 6.07 Å². The van der Waals surface area contributed by atoms with Crippen molar-refractivity contribution in [2.75, 3.05) is 0 Å². The van der Waals surface area contributed by atoms with E-state index < -0.39 is 23.2 Å². The molecule has 1 heterocycles. The van der Waals surface area contributed by atoms with E-state index in [2.05, 4.69) is 10.4 Å². The van der Waals surface area contributed by atoms with Gasteiger partial charge < -0.3 is 5.32 Å². The highest BCUT2D eigenvalue weighted by Crippen LogP contribution is 2.15. The van der Waals surface area contributed by atoms with Gasteiger partial charge in [-0.05, 0) is 42.0 Å². The molecule has 1 aromatic heterocycles. The quantitative estimate of drug-likeness (QED) is 0.740. The van der Waals surface area contributed by atoms with E-state index in [4.69, 9.17) is 11.6 Å². The molecule has 0 fully saturated rings. The second kappa shape index (κ2) is 7.49. The molecule has 0 saturated heterocycles. The highest BCUT2D eigenvalue weighted by Gasteiger charge is 2.11. The average Bonchev–Trinajstić information content (AvgIpc) is 2.97. The van der Waals surface area contributed by atoms with Gasteiger partial charge in [-0.3, -0.25) is 4.79 Å². The molecule has 1 amide bonds. The van der Waals surface area contributed by atoms with Gasteiger partial charge in [0.2, 0.25) is 5.91 Å². The summed E-state index contributed by atoms with van der Waals surface area (Å²) in [6.07, 6.45) is 1.25. The maximum Gasteiger partial charge on any atom is 0.350 e. The normalized spacial score (nSPS) is 10.7. The van der Waals surface area contributed by atoms with Crippen molar-refractivity contribution >= 4 is 17.5 Å². The van der Waals surface area contributed by atoms with Gasteiger partial charge in [-0.15, -0.1) is 0 Å². The van der Waals surface area contributed by atoms with Gasteiger partial charge in [0, 0.05) is 6.54 Å². The summed E-state index contributed by atoms with van der Waals surface area (Å²) >= 11 is 5.60. The van der Waals surface area contributed by atoms with E-state index in [1.807, 2.05) is 0 Å². The standard InChI is InChI=1S/C17H13ClF2N4O2/c18-14-6-1-11(7-15(14)20)8-21-16(25)9-24-17(26)23(10-22-24)13-4-2-12(19)3-5-13/h1-7,10H,8-9H2,(H,21,25). The van der Waals surface area contributed by atoms with Crippen molar-refractivity contribution in [1.29, 1.82) is 0 Å². The van der Waals surface area contributed by atoms with E-state index in [-0.39, 0.29) is 18.1 Å². The Bertz CT molecular complexity index is 999. The Morgan fingerprint density at radius 2 is 1.88 bits per heavy atom. The van der Waals surface area contributed by atoms with Crippen molar-refractivity contribution in [3.8, 4) is 5.69 Å². The minimum Gasteiger partial charge on any atom is -0.350 e. The smallest absolute Gasteiger partial charge is 0.350 e. The Morgan fingerprint density at radius 1 is 1.15 bits per heavy atom. The molecular weight excluding hydrogens is 366 g/mol. The number of hydrogen-bond acceptors (Lipinski definition) is 3. The van der Waals surface area contributed by atoms with Crippen molar-refractivity contribution in [2.24, 2.45) is 0 Å². The molecular formula is C17H13ClF2N4O2. The summed E-state index contributed by atoms with van der Waals surface area (Å²) in [5.74, 6) is -1.47. The number of aromatic nitrogens is 3. The van der Waals surface area contributed by atoms with Crippen LogP contribution in [0.1, 0.15) is 5.56 Å². The fourth-order valence-electron chi connectivity index (χ4n) is 2.27. The van der Waals surface area contributed by atoms with Gasteiger partial charge in [0.05, 0.1) is 10.7 Å². The number of hydrogen-bond donors (Lipinski definition) is 1. The Balaban J connectivity index is 1.65. The fraction of sp³-hybridized carbons (Fsp3) is 0.118. The second-order valence-corrected chi connectivity index (χ2v) is 5.85. The first-order valence-electron chi connectivity index (χ1n) is 7.55. The van der Waals surface area contributed by atoms with Crippen LogP contribution >= 0.6 is 11.6 Å². The minimum absolute atomic E-state index is 0.00189. The van der Waals surface area contributed by atoms with Gasteiger partial charge >= 0.3 is 5.69 Å². The predicted molar refractivity (Wildman–Crippen MR) is 91.0 cm³/mol. The molecule has 0 spiro atoms. The molecule has 0 aliphatic heterocycles. The van der Waals surface area contributed by atoms with Crippen molar-refractivity contribution in [2.45, 2.75) is 13.1 Å². The topological polar surface area (TPSA) is 68.9 Å². The van der Waals surface area contributed by atoms with Crippen LogP contribution in [0.5, 0.6) is 0 Å². The minimum atomic E-state index is -0.576. The monoisotopic (exact) mass is 378 g/mol. The molecule has 0 aliphatic carbocycles. The summed E-state index contributed by atoms with van der Waals surface area (Å²) in [5, 5.41) is 6.44. The van der Waals surface area contributed by atoms with Crippen LogP contribution in [0.25, 0.3) is 5.69 Å². The summed E-state index contributed by atoms with van der Waals surface area (Å²) in [5.41, 5.74) is 0.424. The second-order valence-electron chi connectivity index (χ2n) is 5.44. The number of amides is 1. The van der Waals surface area contributed by atoms with Crippen LogP contribution in [0.15, 0.2) is 53.6 Å². The molecule has 134 valence electrons. The first-order valence-corrected chi connectivity index (χ1v) is 7.93. The third-order valence-corrected chi connectivity index (χ3v) is 3.91. The molecule has 26 heavy (non-hydrogen) atoms. The zero-order valence-corrected chi connectivity index (χ0v) is 14.1. The third kappa shape index (κ3) is 3.97. The highest BCUT2D eigenvalue weighted by molar-refractivity contribution is 6.30. The van der Waals surface area contributed by atoms with Gasteiger partial charge in [-0.2, -0.15) is 5.10 Å². The Hall–Kier alpha value is -3.00. The summed E-state index contributed by atoms with van der Waals surface area (Å²) in [4.78, 5) is 24.3. The summed E-state index contributed by atoms with van der Waals surface area (Å²) < 4.78 is 28.5. The van der Waals surface area contributed by atoms with Crippen LogP contribution in [0, 0.1) is 11.6 Å². The van der Waals surface area contributed by atoms with Gasteiger partial charge in [0.1, 0.15) is 24.5 Å². The van der Waals surface area contributed by atoms with Gasteiger partial charge in [0.15, 0.2) is 0 Å². The van der Waals surface area contributed by atoms with Crippen molar-refractivity contribution in [3.63, 3.8) is 0 Å². The van der Waals surface area contributed by atoms with E-state index >= 15 is 0 Å². The van der Waals surface area contributed by atoms with Gasteiger partial charge in [-0.25, -0.2) is 22.8 Å². The van der Waals surface area contributed by atoms with E-state index in [1.165, 1.54) is 47.3 Å². The molecule has 0 bridgehead atoms. The van der Waals surface area contributed by atoms with Crippen LogP contribution < -0.4 is 11.0 Å². The lowest BCUT2D eigenvalue weighted by molar-refractivity contribution is -0.122. The van der Waals surface area contributed by atoms with Crippen LogP contribution in [-0.2, 0) is 17.9 Å². The summed E-state index contributed by atoms with van der Waals surface area (Å²) in [6.45, 7) is -0.219. The SMILES string of the molecule is O=C(Cn1ncn(-c2ccc(F)cc2)c1=O)NCc1ccc(Cl)c(F)c1. The van der Waals surface area contributed by atoms with E-state index in [0.29, 0.717) is 11.3 Å².